The molecule has 3 rings (SSSR count). The van der Waals surface area contributed by atoms with Crippen molar-refractivity contribution in [2.45, 2.75) is 45.2 Å². The largest absolute Gasteiger partial charge is 0.419 e. The van der Waals surface area contributed by atoms with E-state index in [1.165, 1.54) is 18.4 Å². The van der Waals surface area contributed by atoms with Gasteiger partial charge in [-0.15, -0.1) is 10.2 Å². The van der Waals surface area contributed by atoms with Crippen LogP contribution in [0.15, 0.2) is 28.7 Å². The molecule has 0 radical (unpaired) electrons. The van der Waals surface area contributed by atoms with E-state index in [0.717, 1.165) is 24.9 Å². The van der Waals surface area contributed by atoms with Crippen LogP contribution in [0.1, 0.15) is 37.1 Å². The van der Waals surface area contributed by atoms with Crippen molar-refractivity contribution in [3.63, 3.8) is 0 Å². The summed E-state index contributed by atoms with van der Waals surface area (Å²) in [4.78, 5) is 2.39. The van der Waals surface area contributed by atoms with Crippen LogP contribution in [-0.2, 0) is 6.54 Å². The van der Waals surface area contributed by atoms with E-state index >= 15 is 0 Å². The van der Waals surface area contributed by atoms with Crippen LogP contribution >= 0.6 is 0 Å². The van der Waals surface area contributed by atoms with E-state index in [2.05, 4.69) is 22.0 Å². The van der Waals surface area contributed by atoms with Crippen molar-refractivity contribution in [1.29, 1.82) is 0 Å². The lowest BCUT2D eigenvalue weighted by atomic mass is 10.1. The van der Waals surface area contributed by atoms with Gasteiger partial charge in [-0.2, -0.15) is 0 Å². The normalized spacial score (nSPS) is 14.7. The average molecular weight is 301 g/mol. The highest BCUT2D eigenvalue weighted by atomic mass is 16.4. The fourth-order valence-electron chi connectivity index (χ4n) is 2.56. The summed E-state index contributed by atoms with van der Waals surface area (Å²) >= 11 is 0. The Morgan fingerprint density at radius 1 is 1.18 bits per heavy atom. The number of aromatic nitrogens is 2. The molecule has 22 heavy (non-hydrogen) atoms. The van der Waals surface area contributed by atoms with Gasteiger partial charge >= 0.3 is 0 Å². The lowest BCUT2D eigenvalue weighted by Gasteiger charge is -2.19. The molecule has 0 saturated heterocycles. The Morgan fingerprint density at radius 3 is 2.64 bits per heavy atom. The molecule has 1 aromatic carbocycles. The van der Waals surface area contributed by atoms with E-state index < -0.39 is 0 Å². The number of nitrogens with zero attached hydrogens (tertiary/aromatic N) is 3. The Kier molecular flexibility index (Phi) is 4.85. The second-order valence-corrected chi connectivity index (χ2v) is 6.00. The molecule has 0 aliphatic heterocycles. The highest BCUT2D eigenvalue weighted by Gasteiger charge is 2.29. The van der Waals surface area contributed by atoms with E-state index in [9.17, 15) is 0 Å². The van der Waals surface area contributed by atoms with Gasteiger partial charge in [-0.05, 0) is 51.3 Å². The molecule has 0 atom stereocenters. The second kappa shape index (κ2) is 7.03. The molecule has 0 spiro atoms. The maximum Gasteiger partial charge on any atom is 0.247 e. The van der Waals surface area contributed by atoms with E-state index in [-0.39, 0.29) is 6.61 Å². The summed E-state index contributed by atoms with van der Waals surface area (Å²) in [6, 6.07) is 8.75. The highest BCUT2D eigenvalue weighted by molar-refractivity contribution is 5.52. The molecule has 1 aromatic heterocycles. The molecule has 1 aliphatic rings. The molecule has 1 heterocycles. The van der Waals surface area contributed by atoms with Crippen LogP contribution in [-0.4, -0.2) is 39.4 Å². The van der Waals surface area contributed by atoms with Crippen molar-refractivity contribution < 1.29 is 9.52 Å². The summed E-state index contributed by atoms with van der Waals surface area (Å²) in [7, 11) is 0. The Balaban J connectivity index is 1.63. The number of rotatable bonds is 8. The lowest BCUT2D eigenvalue weighted by molar-refractivity contribution is 0.212. The minimum absolute atomic E-state index is 0.261. The quantitative estimate of drug-likeness (QED) is 0.760. The van der Waals surface area contributed by atoms with Crippen molar-refractivity contribution in [2.24, 2.45) is 0 Å². The van der Waals surface area contributed by atoms with E-state index in [4.69, 9.17) is 9.52 Å². The summed E-state index contributed by atoms with van der Waals surface area (Å²) in [5, 5.41) is 17.3. The molecule has 5 heteroatoms. The van der Waals surface area contributed by atoms with Crippen molar-refractivity contribution in [3.8, 4) is 11.5 Å². The zero-order valence-electron chi connectivity index (χ0n) is 13.0. The van der Waals surface area contributed by atoms with Crippen LogP contribution in [0.3, 0.4) is 0 Å². The Hall–Kier alpha value is -1.72. The summed E-state index contributed by atoms with van der Waals surface area (Å²) in [6.45, 7) is 4.00. The van der Waals surface area contributed by atoms with Crippen molar-refractivity contribution in [3.05, 3.63) is 35.7 Å². The Labute approximate surface area is 131 Å². The van der Waals surface area contributed by atoms with Gasteiger partial charge in [-0.25, -0.2) is 0 Å². The summed E-state index contributed by atoms with van der Waals surface area (Å²) < 4.78 is 5.81. The van der Waals surface area contributed by atoms with E-state index in [1.54, 1.807) is 0 Å². The standard InChI is InChI=1S/C17H23N3O2/c1-13-4-6-14(7-5-13)17-19-18-16(22-17)12-20(15-8-9-15)10-2-3-11-21/h4-7,15,21H,2-3,8-12H2,1H3. The molecule has 0 unspecified atom stereocenters. The SMILES string of the molecule is Cc1ccc(-c2nnc(CN(CCCCO)C3CC3)o2)cc1. The number of benzene rings is 1. The van der Waals surface area contributed by atoms with Crippen LogP contribution in [0.4, 0.5) is 0 Å². The third kappa shape index (κ3) is 3.93. The first-order valence-electron chi connectivity index (χ1n) is 8.00. The molecule has 118 valence electrons. The third-order valence-electron chi connectivity index (χ3n) is 4.02. The maximum absolute atomic E-state index is 8.91. The van der Waals surface area contributed by atoms with E-state index in [0.29, 0.717) is 24.4 Å². The molecule has 2 aromatic rings. The number of aliphatic hydroxyl groups excluding tert-OH is 1. The molecule has 1 aliphatic carbocycles. The minimum atomic E-state index is 0.261. The molecule has 0 amide bonds. The number of aryl methyl sites for hydroxylation is 1. The van der Waals surface area contributed by atoms with Crippen molar-refractivity contribution in [1.82, 2.24) is 15.1 Å². The monoisotopic (exact) mass is 301 g/mol. The molecular weight excluding hydrogens is 278 g/mol. The highest BCUT2D eigenvalue weighted by Crippen LogP contribution is 2.29. The molecule has 1 fully saturated rings. The molecule has 1 N–H and O–H groups in total. The number of unbranched alkanes of at least 4 members (excludes halogenated alkanes) is 1. The van der Waals surface area contributed by atoms with E-state index in [1.807, 2.05) is 24.3 Å². The van der Waals surface area contributed by atoms with Gasteiger partial charge in [-0.1, -0.05) is 17.7 Å². The first kappa shape index (κ1) is 15.2. The fraction of sp³-hybridized carbons (Fsp3) is 0.529. The van der Waals surface area contributed by atoms with Gasteiger partial charge in [0.2, 0.25) is 11.8 Å². The lowest BCUT2D eigenvalue weighted by Crippen LogP contribution is -2.27. The van der Waals surface area contributed by atoms with Gasteiger partial charge in [-0.3, -0.25) is 4.90 Å². The molecule has 0 bridgehead atoms. The van der Waals surface area contributed by atoms with Gasteiger partial charge in [0.1, 0.15) is 0 Å². The Morgan fingerprint density at radius 2 is 1.95 bits per heavy atom. The van der Waals surface area contributed by atoms with Crippen LogP contribution in [0.25, 0.3) is 11.5 Å². The van der Waals surface area contributed by atoms with Crippen LogP contribution in [0.2, 0.25) is 0 Å². The zero-order chi connectivity index (χ0) is 15.4. The summed E-state index contributed by atoms with van der Waals surface area (Å²) in [5.41, 5.74) is 2.18. The van der Waals surface area contributed by atoms with Crippen molar-refractivity contribution in [2.75, 3.05) is 13.2 Å². The van der Waals surface area contributed by atoms with Gasteiger partial charge in [0.05, 0.1) is 6.54 Å². The fourth-order valence-corrected chi connectivity index (χ4v) is 2.56. The smallest absolute Gasteiger partial charge is 0.247 e. The molecular formula is C17H23N3O2. The number of hydrogen-bond acceptors (Lipinski definition) is 5. The average Bonchev–Trinajstić information content (AvgIpc) is 3.27. The molecule has 1 saturated carbocycles. The van der Waals surface area contributed by atoms with Gasteiger partial charge in [0.25, 0.3) is 0 Å². The predicted molar refractivity (Wildman–Crippen MR) is 84.2 cm³/mol. The maximum atomic E-state index is 8.91. The zero-order valence-corrected chi connectivity index (χ0v) is 13.0. The predicted octanol–water partition coefficient (Wildman–Crippen LogP) is 2.78. The topological polar surface area (TPSA) is 62.4 Å². The number of aliphatic hydroxyl groups is 1. The summed E-state index contributed by atoms with van der Waals surface area (Å²) in [5.74, 6) is 1.26. The van der Waals surface area contributed by atoms with Crippen LogP contribution in [0, 0.1) is 6.92 Å². The third-order valence-corrected chi connectivity index (χ3v) is 4.02. The first-order valence-corrected chi connectivity index (χ1v) is 8.00. The van der Waals surface area contributed by atoms with Gasteiger partial charge < -0.3 is 9.52 Å². The summed E-state index contributed by atoms with van der Waals surface area (Å²) in [6.07, 6.45) is 4.35. The number of hydrogen-bond donors (Lipinski definition) is 1. The second-order valence-electron chi connectivity index (χ2n) is 6.00. The van der Waals surface area contributed by atoms with Gasteiger partial charge in [0.15, 0.2) is 0 Å². The Bertz CT molecular complexity index is 590. The van der Waals surface area contributed by atoms with Crippen LogP contribution < -0.4 is 0 Å². The van der Waals surface area contributed by atoms with Gasteiger partial charge in [0, 0.05) is 18.2 Å². The van der Waals surface area contributed by atoms with Crippen LogP contribution in [0.5, 0.6) is 0 Å². The first-order chi connectivity index (χ1) is 10.8. The molecule has 5 nitrogen and oxygen atoms in total. The van der Waals surface area contributed by atoms with Crippen molar-refractivity contribution >= 4 is 0 Å². The minimum Gasteiger partial charge on any atom is -0.419 e.